The normalized spacial score (nSPS) is 11.9. The lowest BCUT2D eigenvalue weighted by Crippen LogP contribution is -2.17. The van der Waals surface area contributed by atoms with Crippen LogP contribution in [-0.4, -0.2) is 18.2 Å². The maximum Gasteiger partial charge on any atom is 0.265 e. The Hall–Kier alpha value is -2.40. The third kappa shape index (κ3) is 4.36. The molecular formula is C19H16BrF4N3O2S. The molecule has 0 aliphatic carbocycles. The maximum absolute atomic E-state index is 15.2. The van der Waals surface area contributed by atoms with Gasteiger partial charge in [-0.1, -0.05) is 13.8 Å². The number of nitrogens with zero attached hydrogens (tertiary/aromatic N) is 2. The third-order valence-electron chi connectivity index (χ3n) is 4.09. The largest absolute Gasteiger partial charge is 0.277 e. The number of aromatic nitrogens is 2. The van der Waals surface area contributed by atoms with Crippen LogP contribution >= 0.6 is 15.9 Å². The van der Waals surface area contributed by atoms with Crippen molar-refractivity contribution < 1.29 is 26.0 Å². The first kappa shape index (κ1) is 22.3. The number of benzene rings is 2. The zero-order valence-electron chi connectivity index (χ0n) is 15.8. The molecule has 0 saturated carbocycles. The Morgan fingerprint density at radius 3 is 2.43 bits per heavy atom. The van der Waals surface area contributed by atoms with Gasteiger partial charge in [-0.25, -0.2) is 26.0 Å². The summed E-state index contributed by atoms with van der Waals surface area (Å²) < 4.78 is 85.6. The molecule has 1 heterocycles. The fraction of sp³-hybridized carbons (Fsp3) is 0.211. The quantitative estimate of drug-likeness (QED) is 0.460. The van der Waals surface area contributed by atoms with Crippen molar-refractivity contribution in [1.29, 1.82) is 0 Å². The summed E-state index contributed by atoms with van der Waals surface area (Å²) in [6.45, 7) is 4.14. The molecule has 0 bridgehead atoms. The number of nitrogens with one attached hydrogen (secondary N) is 1. The lowest BCUT2D eigenvalue weighted by atomic mass is 10.1. The first-order valence-corrected chi connectivity index (χ1v) is 11.0. The van der Waals surface area contributed by atoms with E-state index < -0.39 is 49.4 Å². The molecule has 0 unspecified atom stereocenters. The fourth-order valence-electron chi connectivity index (χ4n) is 2.83. The minimum atomic E-state index is -4.69. The lowest BCUT2D eigenvalue weighted by Gasteiger charge is -2.15. The van der Waals surface area contributed by atoms with E-state index in [4.69, 9.17) is 0 Å². The number of anilines is 1. The maximum atomic E-state index is 15.2. The summed E-state index contributed by atoms with van der Waals surface area (Å²) in [4.78, 5) is -1.00. The molecule has 0 saturated heterocycles. The highest BCUT2D eigenvalue weighted by Crippen LogP contribution is 2.36. The summed E-state index contributed by atoms with van der Waals surface area (Å²) in [6.07, 6.45) is 1.37. The molecule has 0 radical (unpaired) electrons. The van der Waals surface area contributed by atoms with Gasteiger partial charge in [0.15, 0.2) is 5.82 Å². The smallest absolute Gasteiger partial charge is 0.265 e. The molecule has 30 heavy (non-hydrogen) atoms. The van der Waals surface area contributed by atoms with Crippen molar-refractivity contribution in [2.45, 2.75) is 25.3 Å². The van der Waals surface area contributed by atoms with Gasteiger partial charge < -0.3 is 0 Å². The summed E-state index contributed by atoms with van der Waals surface area (Å²) in [5.74, 6) is -4.26. The molecule has 0 amide bonds. The molecule has 1 N–H and O–H groups in total. The van der Waals surface area contributed by atoms with Crippen molar-refractivity contribution in [3.05, 3.63) is 64.3 Å². The second-order valence-corrected chi connectivity index (χ2v) is 9.39. The average molecular weight is 506 g/mol. The van der Waals surface area contributed by atoms with E-state index in [1.807, 2.05) is 18.6 Å². The summed E-state index contributed by atoms with van der Waals surface area (Å²) in [6, 6.07) is 3.59. The van der Waals surface area contributed by atoms with E-state index in [0.717, 1.165) is 18.2 Å². The molecule has 3 aromatic rings. The summed E-state index contributed by atoms with van der Waals surface area (Å²) in [5.41, 5.74) is -1.06. The van der Waals surface area contributed by atoms with E-state index >= 15 is 4.39 Å². The molecule has 0 spiro atoms. The molecule has 2 aromatic carbocycles. The van der Waals surface area contributed by atoms with Gasteiger partial charge in [0.1, 0.15) is 22.3 Å². The predicted octanol–water partition coefficient (Wildman–Crippen LogP) is 5.33. The Labute approximate surface area is 178 Å². The SMILES string of the molecule is CC(C)Cn1ncc(Br)c1-c1c(F)ccc(NS(=O)(=O)c2cc(F)ccc2F)c1F. The Bertz CT molecular complexity index is 1210. The number of rotatable bonds is 6. The van der Waals surface area contributed by atoms with Crippen molar-refractivity contribution in [3.8, 4) is 11.3 Å². The summed E-state index contributed by atoms with van der Waals surface area (Å²) in [7, 11) is -4.69. The van der Waals surface area contributed by atoms with Crippen LogP contribution in [0.1, 0.15) is 13.8 Å². The lowest BCUT2D eigenvalue weighted by molar-refractivity contribution is 0.484. The average Bonchev–Trinajstić information content (AvgIpc) is 2.99. The molecule has 11 heteroatoms. The van der Waals surface area contributed by atoms with Crippen LogP contribution in [-0.2, 0) is 16.6 Å². The van der Waals surface area contributed by atoms with Crippen LogP contribution in [0.25, 0.3) is 11.3 Å². The Kier molecular flexibility index (Phi) is 6.23. The van der Waals surface area contributed by atoms with Crippen LogP contribution in [0.15, 0.2) is 45.9 Å². The van der Waals surface area contributed by atoms with E-state index in [1.165, 1.54) is 10.9 Å². The first-order chi connectivity index (χ1) is 14.0. The van der Waals surface area contributed by atoms with Crippen molar-refractivity contribution in [2.24, 2.45) is 5.92 Å². The van der Waals surface area contributed by atoms with E-state index in [1.54, 1.807) is 0 Å². The molecule has 0 fully saturated rings. The molecule has 160 valence electrons. The molecule has 3 rings (SSSR count). The van der Waals surface area contributed by atoms with Crippen molar-refractivity contribution in [1.82, 2.24) is 9.78 Å². The molecule has 1 aromatic heterocycles. The van der Waals surface area contributed by atoms with Gasteiger partial charge in [-0.2, -0.15) is 5.10 Å². The van der Waals surface area contributed by atoms with Gasteiger partial charge in [-0.15, -0.1) is 0 Å². The highest BCUT2D eigenvalue weighted by atomic mass is 79.9. The van der Waals surface area contributed by atoms with Crippen LogP contribution in [0.4, 0.5) is 23.2 Å². The number of sulfonamides is 1. The van der Waals surface area contributed by atoms with Gasteiger partial charge in [-0.3, -0.25) is 9.40 Å². The first-order valence-electron chi connectivity index (χ1n) is 8.68. The van der Waals surface area contributed by atoms with Gasteiger partial charge in [0, 0.05) is 6.54 Å². The van der Waals surface area contributed by atoms with Gasteiger partial charge in [0.2, 0.25) is 0 Å². The van der Waals surface area contributed by atoms with Gasteiger partial charge in [0.25, 0.3) is 10.0 Å². The monoisotopic (exact) mass is 505 g/mol. The van der Waals surface area contributed by atoms with Crippen LogP contribution in [0.2, 0.25) is 0 Å². The van der Waals surface area contributed by atoms with E-state index in [0.29, 0.717) is 23.2 Å². The molecule has 0 atom stereocenters. The Morgan fingerprint density at radius 1 is 1.10 bits per heavy atom. The molecule has 0 aliphatic rings. The van der Waals surface area contributed by atoms with Crippen molar-refractivity contribution in [2.75, 3.05) is 4.72 Å². The second-order valence-electron chi connectivity index (χ2n) is 6.88. The topological polar surface area (TPSA) is 64.0 Å². The Morgan fingerprint density at radius 2 is 1.77 bits per heavy atom. The number of hydrogen-bond donors (Lipinski definition) is 1. The minimum absolute atomic E-state index is 0.0803. The van der Waals surface area contributed by atoms with Crippen LogP contribution in [0, 0.1) is 29.2 Å². The van der Waals surface area contributed by atoms with Crippen LogP contribution in [0.5, 0.6) is 0 Å². The molecule has 0 aliphatic heterocycles. The van der Waals surface area contributed by atoms with Crippen molar-refractivity contribution in [3.63, 3.8) is 0 Å². The second kappa shape index (κ2) is 8.38. The molecule has 5 nitrogen and oxygen atoms in total. The third-order valence-corrected chi connectivity index (χ3v) is 6.05. The summed E-state index contributed by atoms with van der Waals surface area (Å²) >= 11 is 3.21. The van der Waals surface area contributed by atoms with E-state index in [2.05, 4.69) is 21.0 Å². The van der Waals surface area contributed by atoms with Crippen LogP contribution < -0.4 is 4.72 Å². The number of halogens is 5. The minimum Gasteiger partial charge on any atom is -0.277 e. The predicted molar refractivity (Wildman–Crippen MR) is 107 cm³/mol. The van der Waals surface area contributed by atoms with Crippen molar-refractivity contribution >= 4 is 31.6 Å². The Balaban J connectivity index is 2.11. The van der Waals surface area contributed by atoms with Gasteiger partial charge in [0.05, 0.1) is 27.6 Å². The zero-order chi connectivity index (χ0) is 22.2. The standard InChI is InChI=1S/C19H16BrF4N3O2S/c1-10(2)9-27-19(12(20)8-25-27)17-14(23)5-6-15(18(17)24)26-30(28,29)16-7-11(21)3-4-13(16)22/h3-8,10,26H,9H2,1-2H3. The van der Waals surface area contributed by atoms with E-state index in [-0.39, 0.29) is 11.6 Å². The highest BCUT2D eigenvalue weighted by Gasteiger charge is 2.26. The van der Waals surface area contributed by atoms with Gasteiger partial charge >= 0.3 is 0 Å². The highest BCUT2D eigenvalue weighted by molar-refractivity contribution is 9.10. The summed E-state index contributed by atoms with van der Waals surface area (Å²) in [5, 5.41) is 4.09. The number of hydrogen-bond acceptors (Lipinski definition) is 3. The molecular weight excluding hydrogens is 490 g/mol. The fourth-order valence-corrected chi connectivity index (χ4v) is 4.47. The van der Waals surface area contributed by atoms with Gasteiger partial charge in [-0.05, 0) is 52.2 Å². The van der Waals surface area contributed by atoms with E-state index in [9.17, 15) is 21.6 Å². The zero-order valence-corrected chi connectivity index (χ0v) is 18.2. The van der Waals surface area contributed by atoms with Crippen LogP contribution in [0.3, 0.4) is 0 Å².